The number of carbonyl (C=O) groups is 4. The molecule has 0 saturated carbocycles. The number of unbranched alkanes of at least 4 members (excludes halogenated alkanes) is 51. The molecule has 0 radical (unpaired) electrons. The first-order valence-electron chi connectivity index (χ1n) is 41.1. The molecule has 0 aliphatic heterocycles. The summed E-state index contributed by atoms with van der Waals surface area (Å²) in [5.41, 5.74) is 0. The Balaban J connectivity index is 5.19. The van der Waals surface area contributed by atoms with E-state index in [2.05, 4.69) is 34.6 Å². The summed E-state index contributed by atoms with van der Waals surface area (Å²) in [4.78, 5) is 72.8. The van der Waals surface area contributed by atoms with Crippen molar-refractivity contribution in [3.63, 3.8) is 0 Å². The van der Waals surface area contributed by atoms with Crippen LogP contribution in [0.15, 0.2) is 0 Å². The number of aliphatic hydroxyl groups is 1. The number of carbonyl (C=O) groups excluding carboxylic acids is 4. The van der Waals surface area contributed by atoms with Crippen LogP contribution in [0.2, 0.25) is 0 Å². The van der Waals surface area contributed by atoms with Crippen LogP contribution >= 0.6 is 15.6 Å². The molecule has 5 atom stereocenters. The standard InChI is InChI=1S/C79H154O17P2/c1-6-9-12-15-18-21-23-25-26-27-28-29-30-31-37-41-45-50-55-60-65-79(84)96-75(69-90-77(82)63-58-53-48-43-39-36-33-32-35-38-42-46-51-56-61-72(4)5)71-94-98(87,88)92-67-73(80)66-91-97(85,86)93-70-74(68-89-76(81)62-57-52-47-20-17-14-11-8-3)95-78(83)64-59-54-49-44-40-34-24-22-19-16-13-10-7-2/h72-75,80H,6-71H2,1-5H3,(H,85,86)(H,87,88)/t73-,74+,75+/m0/s1. The summed E-state index contributed by atoms with van der Waals surface area (Å²) >= 11 is 0. The molecule has 0 amide bonds. The SMILES string of the molecule is CCCCCCCCCCCCCCCCCCCCCCC(=O)O[C@H](COC(=O)CCCCCCCCCCCCCCCCC(C)C)COP(=O)(O)OC[C@@H](O)COP(=O)(O)OC[C@@H](COC(=O)CCCCCCCCCC)OC(=O)CCCCCCCCCCCCCCC. The Morgan fingerprint density at radius 1 is 0.276 bits per heavy atom. The predicted molar refractivity (Wildman–Crippen MR) is 400 cm³/mol. The maximum atomic E-state index is 13.1. The predicted octanol–water partition coefficient (Wildman–Crippen LogP) is 23.6. The molecule has 0 fully saturated rings. The van der Waals surface area contributed by atoms with E-state index in [9.17, 15) is 43.2 Å². The molecule has 582 valence electrons. The molecule has 0 aromatic carbocycles. The van der Waals surface area contributed by atoms with Crippen LogP contribution in [0.4, 0.5) is 0 Å². The van der Waals surface area contributed by atoms with Crippen LogP contribution in [-0.4, -0.2) is 96.7 Å². The van der Waals surface area contributed by atoms with Crippen molar-refractivity contribution in [2.24, 2.45) is 5.92 Å². The lowest BCUT2D eigenvalue weighted by molar-refractivity contribution is -0.161. The van der Waals surface area contributed by atoms with Crippen molar-refractivity contribution in [1.82, 2.24) is 0 Å². The van der Waals surface area contributed by atoms with Gasteiger partial charge in [0, 0.05) is 25.7 Å². The Morgan fingerprint density at radius 3 is 0.694 bits per heavy atom. The zero-order valence-corrected chi connectivity index (χ0v) is 65.7. The van der Waals surface area contributed by atoms with Gasteiger partial charge in [0.1, 0.15) is 19.3 Å². The van der Waals surface area contributed by atoms with Crippen LogP contribution in [0.25, 0.3) is 0 Å². The first-order chi connectivity index (χ1) is 47.5. The monoisotopic (exact) mass is 1440 g/mol. The number of aliphatic hydroxyl groups excluding tert-OH is 1. The van der Waals surface area contributed by atoms with Crippen LogP contribution in [0.3, 0.4) is 0 Å². The fourth-order valence-electron chi connectivity index (χ4n) is 12.2. The zero-order chi connectivity index (χ0) is 71.9. The molecule has 0 aliphatic rings. The molecule has 0 heterocycles. The smallest absolute Gasteiger partial charge is 0.462 e. The van der Waals surface area contributed by atoms with Crippen LogP contribution < -0.4 is 0 Å². The molecule has 19 heteroatoms. The van der Waals surface area contributed by atoms with Gasteiger partial charge in [-0.15, -0.1) is 0 Å². The molecule has 0 rings (SSSR count). The van der Waals surface area contributed by atoms with Gasteiger partial charge in [-0.25, -0.2) is 9.13 Å². The first-order valence-corrected chi connectivity index (χ1v) is 44.1. The number of phosphoric ester groups is 2. The van der Waals surface area contributed by atoms with Crippen LogP contribution in [0.5, 0.6) is 0 Å². The molecule has 2 unspecified atom stereocenters. The third-order valence-corrected chi connectivity index (χ3v) is 20.4. The number of hydrogen-bond acceptors (Lipinski definition) is 15. The highest BCUT2D eigenvalue weighted by Crippen LogP contribution is 2.45. The molecule has 98 heavy (non-hydrogen) atoms. The number of esters is 4. The number of phosphoric acid groups is 2. The summed E-state index contributed by atoms with van der Waals surface area (Å²) in [7, 11) is -9.91. The molecule has 0 aliphatic carbocycles. The molecule has 0 saturated heterocycles. The average molecular weight is 1440 g/mol. The zero-order valence-electron chi connectivity index (χ0n) is 63.9. The van der Waals surface area contributed by atoms with Crippen molar-refractivity contribution in [2.75, 3.05) is 39.6 Å². The minimum Gasteiger partial charge on any atom is -0.462 e. The van der Waals surface area contributed by atoms with E-state index in [1.54, 1.807) is 0 Å². The maximum absolute atomic E-state index is 13.1. The van der Waals surface area contributed by atoms with Gasteiger partial charge in [-0.2, -0.15) is 0 Å². The lowest BCUT2D eigenvalue weighted by atomic mass is 10.0. The molecular formula is C79H154O17P2. The van der Waals surface area contributed by atoms with E-state index < -0.39 is 97.5 Å². The highest BCUT2D eigenvalue weighted by Gasteiger charge is 2.30. The maximum Gasteiger partial charge on any atom is 0.472 e. The highest BCUT2D eigenvalue weighted by atomic mass is 31.2. The van der Waals surface area contributed by atoms with Crippen molar-refractivity contribution in [3.05, 3.63) is 0 Å². The third-order valence-electron chi connectivity index (χ3n) is 18.5. The van der Waals surface area contributed by atoms with E-state index in [0.717, 1.165) is 102 Å². The van der Waals surface area contributed by atoms with E-state index in [4.69, 9.17) is 37.0 Å². The van der Waals surface area contributed by atoms with Gasteiger partial charge in [-0.3, -0.25) is 37.3 Å². The van der Waals surface area contributed by atoms with Gasteiger partial charge < -0.3 is 33.8 Å². The minimum absolute atomic E-state index is 0.108. The summed E-state index contributed by atoms with van der Waals surface area (Å²) in [6.07, 6.45) is 62.5. The van der Waals surface area contributed by atoms with Crippen LogP contribution in [0.1, 0.15) is 420 Å². The van der Waals surface area contributed by atoms with Crippen LogP contribution in [0, 0.1) is 5.92 Å². The largest absolute Gasteiger partial charge is 0.472 e. The molecular weight excluding hydrogens is 1280 g/mol. The van der Waals surface area contributed by atoms with Crippen molar-refractivity contribution in [3.8, 4) is 0 Å². The summed E-state index contributed by atoms with van der Waals surface area (Å²) in [5.74, 6) is -1.31. The Hall–Kier alpha value is -1.94. The third kappa shape index (κ3) is 72.4. The van der Waals surface area contributed by atoms with Gasteiger partial charge in [0.05, 0.1) is 26.4 Å². The second-order valence-corrected chi connectivity index (χ2v) is 31.8. The Morgan fingerprint density at radius 2 is 0.469 bits per heavy atom. The summed E-state index contributed by atoms with van der Waals surface area (Å²) in [5, 5.41) is 10.6. The van der Waals surface area contributed by atoms with E-state index in [1.165, 1.54) is 238 Å². The molecule has 0 aromatic rings. The topological polar surface area (TPSA) is 237 Å². The van der Waals surface area contributed by atoms with Crippen molar-refractivity contribution in [1.29, 1.82) is 0 Å². The minimum atomic E-state index is -4.96. The number of rotatable bonds is 79. The van der Waals surface area contributed by atoms with Crippen molar-refractivity contribution in [2.45, 2.75) is 438 Å². The van der Waals surface area contributed by atoms with Gasteiger partial charge in [0.25, 0.3) is 0 Å². The molecule has 17 nitrogen and oxygen atoms in total. The first kappa shape index (κ1) is 96.1. The van der Waals surface area contributed by atoms with E-state index in [1.807, 2.05) is 0 Å². The summed E-state index contributed by atoms with van der Waals surface area (Å²) in [6, 6.07) is 0. The molecule has 0 bridgehead atoms. The van der Waals surface area contributed by atoms with Crippen molar-refractivity contribution >= 4 is 39.5 Å². The van der Waals surface area contributed by atoms with E-state index in [0.29, 0.717) is 25.7 Å². The fraction of sp³-hybridized carbons (Fsp3) is 0.949. The quantitative estimate of drug-likeness (QED) is 0.0222. The average Bonchev–Trinajstić information content (AvgIpc) is 1.15. The second-order valence-electron chi connectivity index (χ2n) is 28.9. The number of hydrogen-bond donors (Lipinski definition) is 3. The normalized spacial score (nSPS) is 13.9. The molecule has 3 N–H and O–H groups in total. The fourth-order valence-corrected chi connectivity index (χ4v) is 13.8. The lowest BCUT2D eigenvalue weighted by Gasteiger charge is -2.21. The van der Waals surface area contributed by atoms with Gasteiger partial charge in [0.15, 0.2) is 12.2 Å². The van der Waals surface area contributed by atoms with Gasteiger partial charge in [-0.1, -0.05) is 369 Å². The number of ether oxygens (including phenoxy) is 4. The van der Waals surface area contributed by atoms with Gasteiger partial charge in [0.2, 0.25) is 0 Å². The second kappa shape index (κ2) is 72.0. The van der Waals surface area contributed by atoms with E-state index in [-0.39, 0.29) is 25.7 Å². The summed E-state index contributed by atoms with van der Waals surface area (Å²) in [6.45, 7) is 7.31. The van der Waals surface area contributed by atoms with Crippen molar-refractivity contribution < 1.29 is 80.2 Å². The Labute approximate surface area is 600 Å². The van der Waals surface area contributed by atoms with Gasteiger partial charge >= 0.3 is 39.5 Å². The van der Waals surface area contributed by atoms with Crippen LogP contribution in [-0.2, 0) is 65.4 Å². The highest BCUT2D eigenvalue weighted by molar-refractivity contribution is 7.47. The summed E-state index contributed by atoms with van der Waals surface area (Å²) < 4.78 is 68.6. The molecule has 0 aromatic heterocycles. The van der Waals surface area contributed by atoms with Gasteiger partial charge in [-0.05, 0) is 31.6 Å². The lowest BCUT2D eigenvalue weighted by Crippen LogP contribution is -2.30. The molecule has 0 spiro atoms. The van der Waals surface area contributed by atoms with E-state index >= 15 is 0 Å². The Kier molecular flexibility index (Phi) is 70.6. The Bertz CT molecular complexity index is 1870.